The highest BCUT2D eigenvalue weighted by Crippen LogP contribution is 2.49. The third-order valence-electron chi connectivity index (χ3n) is 3.37. The van der Waals surface area contributed by atoms with Crippen molar-refractivity contribution in [3.8, 4) is 5.75 Å². The van der Waals surface area contributed by atoms with Gasteiger partial charge in [-0.05, 0) is 12.8 Å². The molecular weight excluding hydrogens is 208 g/mol. The first-order chi connectivity index (χ1) is 7.52. The van der Waals surface area contributed by atoms with Gasteiger partial charge in [0.05, 0.1) is 6.54 Å². The fourth-order valence-corrected chi connectivity index (χ4v) is 2.46. The second-order valence-corrected chi connectivity index (χ2v) is 4.75. The first kappa shape index (κ1) is 9.57. The predicted molar refractivity (Wildman–Crippen MR) is 58.2 cm³/mol. The Morgan fingerprint density at radius 3 is 2.75 bits per heavy atom. The number of hydrogen-bond acceptors (Lipinski definition) is 3. The molecule has 0 unspecified atom stereocenters. The van der Waals surface area contributed by atoms with Gasteiger partial charge in [0, 0.05) is 20.3 Å². The first-order valence-electron chi connectivity index (χ1n) is 5.35. The van der Waals surface area contributed by atoms with E-state index in [2.05, 4.69) is 0 Å². The van der Waals surface area contributed by atoms with Gasteiger partial charge in [-0.3, -0.25) is 0 Å². The number of rotatable bonds is 1. The minimum atomic E-state index is -0.911. The lowest BCUT2D eigenvalue weighted by molar-refractivity contribution is 0.0686. The van der Waals surface area contributed by atoms with E-state index in [4.69, 9.17) is 4.74 Å². The summed E-state index contributed by atoms with van der Waals surface area (Å²) in [6.45, 7) is 0.782. The Labute approximate surface area is 93.2 Å². The maximum atomic E-state index is 11.2. The smallest absolute Gasteiger partial charge is 0.354 e. The van der Waals surface area contributed by atoms with Gasteiger partial charge in [-0.2, -0.15) is 0 Å². The molecule has 1 aromatic rings. The van der Waals surface area contributed by atoms with Crippen molar-refractivity contribution >= 4 is 11.7 Å². The molecule has 1 aromatic heterocycles. The van der Waals surface area contributed by atoms with E-state index >= 15 is 0 Å². The molecule has 3 rings (SSSR count). The fourth-order valence-electron chi connectivity index (χ4n) is 2.46. The average molecular weight is 222 g/mol. The lowest BCUT2D eigenvalue weighted by Crippen LogP contribution is -2.39. The minimum absolute atomic E-state index is 0.0428. The number of nitrogens with zero attached hydrogens (tertiary/aromatic N) is 2. The van der Waals surface area contributed by atoms with Crippen molar-refractivity contribution in [3.63, 3.8) is 0 Å². The highest BCUT2D eigenvalue weighted by molar-refractivity contribution is 5.95. The third kappa shape index (κ3) is 1.14. The van der Waals surface area contributed by atoms with Crippen LogP contribution in [0.1, 0.15) is 23.3 Å². The van der Waals surface area contributed by atoms with Crippen LogP contribution in [0.4, 0.5) is 5.69 Å². The van der Waals surface area contributed by atoms with Crippen LogP contribution < -0.4 is 9.64 Å². The normalized spacial score (nSPS) is 20.5. The average Bonchev–Trinajstić information content (AvgIpc) is 2.79. The second-order valence-electron chi connectivity index (χ2n) is 4.75. The van der Waals surface area contributed by atoms with E-state index in [1.807, 2.05) is 11.9 Å². The molecule has 1 saturated carbocycles. The Morgan fingerprint density at radius 2 is 2.19 bits per heavy atom. The summed E-state index contributed by atoms with van der Waals surface area (Å²) in [5.74, 6) is -0.211. The molecule has 2 aliphatic rings. The van der Waals surface area contributed by atoms with Crippen molar-refractivity contribution < 1.29 is 14.6 Å². The summed E-state index contributed by atoms with van der Waals surface area (Å²) in [7, 11) is 3.66. The van der Waals surface area contributed by atoms with E-state index in [0.717, 1.165) is 19.4 Å². The Morgan fingerprint density at radius 1 is 1.50 bits per heavy atom. The van der Waals surface area contributed by atoms with Crippen molar-refractivity contribution in [1.82, 2.24) is 4.57 Å². The molecule has 1 N–H and O–H groups in total. The van der Waals surface area contributed by atoms with Crippen molar-refractivity contribution in [3.05, 3.63) is 11.9 Å². The van der Waals surface area contributed by atoms with Crippen LogP contribution in [-0.2, 0) is 7.05 Å². The zero-order valence-corrected chi connectivity index (χ0v) is 9.36. The van der Waals surface area contributed by atoms with Gasteiger partial charge >= 0.3 is 5.97 Å². The minimum Gasteiger partial charge on any atom is -0.482 e. The largest absolute Gasteiger partial charge is 0.482 e. The monoisotopic (exact) mass is 222 g/mol. The quantitative estimate of drug-likeness (QED) is 0.772. The maximum absolute atomic E-state index is 11.2. The van der Waals surface area contributed by atoms with Crippen molar-refractivity contribution in [2.45, 2.75) is 18.4 Å². The summed E-state index contributed by atoms with van der Waals surface area (Å²) in [5, 5.41) is 9.17. The second kappa shape index (κ2) is 2.72. The summed E-state index contributed by atoms with van der Waals surface area (Å²) in [5.41, 5.74) is 0.958. The van der Waals surface area contributed by atoms with Gasteiger partial charge < -0.3 is 19.3 Å². The number of anilines is 1. The molecule has 1 spiro atoms. The number of carboxylic acid groups (broad SMARTS) is 1. The van der Waals surface area contributed by atoms with Crippen LogP contribution in [0.15, 0.2) is 6.20 Å². The number of aromatic nitrogens is 1. The molecule has 1 aliphatic carbocycles. The molecule has 0 atom stereocenters. The van der Waals surface area contributed by atoms with Gasteiger partial charge in [0.15, 0.2) is 11.4 Å². The van der Waals surface area contributed by atoms with Crippen LogP contribution in [-0.4, -0.2) is 34.8 Å². The zero-order chi connectivity index (χ0) is 11.5. The molecular formula is C11H14N2O3. The molecule has 0 aromatic carbocycles. The van der Waals surface area contributed by atoms with Crippen LogP contribution in [0.3, 0.4) is 0 Å². The molecule has 1 aliphatic heterocycles. The number of aryl methyl sites for hydroxylation is 1. The molecule has 86 valence electrons. The molecule has 16 heavy (non-hydrogen) atoms. The Hall–Kier alpha value is -1.65. The lowest BCUT2D eigenvalue weighted by Gasteiger charge is -2.32. The van der Waals surface area contributed by atoms with Gasteiger partial charge in [-0.1, -0.05) is 0 Å². The Balaban J connectivity index is 2.12. The van der Waals surface area contributed by atoms with E-state index in [-0.39, 0.29) is 5.60 Å². The van der Waals surface area contributed by atoms with E-state index in [1.165, 1.54) is 0 Å². The maximum Gasteiger partial charge on any atom is 0.354 e. The van der Waals surface area contributed by atoms with E-state index in [1.54, 1.807) is 17.8 Å². The third-order valence-corrected chi connectivity index (χ3v) is 3.37. The number of hydrogen-bond donors (Lipinski definition) is 1. The summed E-state index contributed by atoms with van der Waals surface area (Å²) < 4.78 is 7.50. The van der Waals surface area contributed by atoms with Gasteiger partial charge in [-0.15, -0.1) is 0 Å². The van der Waals surface area contributed by atoms with Crippen molar-refractivity contribution in [1.29, 1.82) is 0 Å². The zero-order valence-electron chi connectivity index (χ0n) is 9.36. The number of ether oxygens (including phenoxy) is 1. The van der Waals surface area contributed by atoms with Gasteiger partial charge in [0.25, 0.3) is 0 Å². The van der Waals surface area contributed by atoms with Gasteiger partial charge in [0.2, 0.25) is 0 Å². The summed E-state index contributed by atoms with van der Waals surface area (Å²) >= 11 is 0. The van der Waals surface area contributed by atoms with E-state index in [0.29, 0.717) is 17.1 Å². The molecule has 0 bridgehead atoms. The topological polar surface area (TPSA) is 54.7 Å². The highest BCUT2D eigenvalue weighted by Gasteiger charge is 2.50. The van der Waals surface area contributed by atoms with E-state index < -0.39 is 5.97 Å². The van der Waals surface area contributed by atoms with Crippen LogP contribution in [0.2, 0.25) is 0 Å². The summed E-state index contributed by atoms with van der Waals surface area (Å²) in [6, 6.07) is 0. The highest BCUT2D eigenvalue weighted by atomic mass is 16.5. The van der Waals surface area contributed by atoms with Gasteiger partial charge in [0.1, 0.15) is 11.3 Å². The molecule has 5 nitrogen and oxygen atoms in total. The van der Waals surface area contributed by atoms with E-state index in [9.17, 15) is 9.90 Å². The number of aromatic carboxylic acids is 1. The van der Waals surface area contributed by atoms with Crippen LogP contribution >= 0.6 is 0 Å². The Kier molecular flexibility index (Phi) is 1.63. The lowest BCUT2D eigenvalue weighted by atomic mass is 10.2. The standard InChI is InChI=1S/C11H14N2O3/c1-12-5-7-8(9(12)10(14)15)13(2)6-11(16-7)3-4-11/h5H,3-4,6H2,1-2H3,(H,14,15). The number of likely N-dealkylation sites (N-methyl/N-ethyl adjacent to an activating group) is 1. The van der Waals surface area contributed by atoms with Crippen molar-refractivity contribution in [2.24, 2.45) is 7.05 Å². The molecule has 0 radical (unpaired) electrons. The summed E-state index contributed by atoms with van der Waals surface area (Å²) in [4.78, 5) is 13.2. The molecule has 5 heteroatoms. The molecule has 2 heterocycles. The SMILES string of the molecule is CN1CC2(CC2)Oc2cn(C)c(C(=O)O)c21. The van der Waals surface area contributed by atoms with Gasteiger partial charge in [-0.25, -0.2) is 4.79 Å². The fraction of sp³-hybridized carbons (Fsp3) is 0.545. The number of fused-ring (bicyclic) bond motifs is 1. The van der Waals surface area contributed by atoms with Crippen LogP contribution in [0.25, 0.3) is 0 Å². The van der Waals surface area contributed by atoms with Crippen LogP contribution in [0, 0.1) is 0 Å². The summed E-state index contributed by atoms with van der Waals surface area (Å²) in [6.07, 6.45) is 3.89. The predicted octanol–water partition coefficient (Wildman–Crippen LogP) is 1.08. The molecule has 0 saturated heterocycles. The van der Waals surface area contributed by atoms with Crippen molar-refractivity contribution in [2.75, 3.05) is 18.5 Å². The first-order valence-corrected chi connectivity index (χ1v) is 5.35. The molecule has 1 fully saturated rings. The number of carboxylic acids is 1. The molecule has 0 amide bonds. The van der Waals surface area contributed by atoms with Crippen LogP contribution in [0.5, 0.6) is 5.75 Å². The number of carbonyl (C=O) groups is 1. The Bertz CT molecular complexity index is 474.